The van der Waals surface area contributed by atoms with Crippen LogP contribution in [-0.4, -0.2) is 0 Å². The average molecular weight is 361 g/mol. The first-order chi connectivity index (χ1) is 13.7. The first kappa shape index (κ1) is 17.0. The molecular formula is C28H24. The second kappa shape index (κ2) is 6.80. The summed E-state index contributed by atoms with van der Waals surface area (Å²) in [5, 5.41) is 0. The van der Waals surface area contributed by atoms with Gasteiger partial charge in [0.15, 0.2) is 0 Å². The number of hydrogen-bond donors (Lipinski definition) is 0. The van der Waals surface area contributed by atoms with Crippen molar-refractivity contribution in [3.8, 4) is 22.3 Å². The molecule has 0 radical (unpaired) electrons. The van der Waals surface area contributed by atoms with E-state index < -0.39 is 0 Å². The van der Waals surface area contributed by atoms with Gasteiger partial charge in [0, 0.05) is 0 Å². The van der Waals surface area contributed by atoms with Gasteiger partial charge in [-0.2, -0.15) is 0 Å². The molecule has 0 heteroatoms. The van der Waals surface area contributed by atoms with Crippen LogP contribution >= 0.6 is 0 Å². The van der Waals surface area contributed by atoms with Crippen molar-refractivity contribution in [3.63, 3.8) is 0 Å². The maximum absolute atomic E-state index is 2.37. The van der Waals surface area contributed by atoms with Crippen LogP contribution in [0.3, 0.4) is 0 Å². The fourth-order valence-electron chi connectivity index (χ4n) is 4.55. The van der Waals surface area contributed by atoms with Gasteiger partial charge in [-0.3, -0.25) is 0 Å². The van der Waals surface area contributed by atoms with Crippen molar-refractivity contribution in [3.05, 3.63) is 118 Å². The molecule has 5 rings (SSSR count). The van der Waals surface area contributed by atoms with Crippen LogP contribution in [0.4, 0.5) is 0 Å². The minimum absolute atomic E-state index is 0.951. The summed E-state index contributed by atoms with van der Waals surface area (Å²) in [5.41, 5.74) is 13.7. The van der Waals surface area contributed by atoms with Gasteiger partial charge in [-0.15, -0.1) is 0 Å². The predicted molar refractivity (Wildman–Crippen MR) is 119 cm³/mol. The molecule has 0 saturated heterocycles. The van der Waals surface area contributed by atoms with Gasteiger partial charge < -0.3 is 0 Å². The van der Waals surface area contributed by atoms with Crippen LogP contribution in [0, 0.1) is 13.8 Å². The Hall–Kier alpha value is -3.12. The number of rotatable bonds is 0. The molecule has 4 aromatic rings. The molecule has 0 amide bonds. The number of benzene rings is 4. The molecule has 1 aliphatic carbocycles. The quantitative estimate of drug-likeness (QED) is 0.275. The fourth-order valence-corrected chi connectivity index (χ4v) is 4.55. The number of hydrogen-bond acceptors (Lipinski definition) is 0. The van der Waals surface area contributed by atoms with E-state index in [-0.39, 0.29) is 0 Å². The smallest absolute Gasteiger partial charge is 0.00133 e. The molecule has 0 saturated carbocycles. The number of aryl methyl sites for hydroxylation is 2. The van der Waals surface area contributed by atoms with E-state index in [1.54, 1.807) is 0 Å². The summed E-state index contributed by atoms with van der Waals surface area (Å²) in [6.07, 6.45) is 1.91. The van der Waals surface area contributed by atoms with Crippen LogP contribution < -0.4 is 0 Å². The Balaban J connectivity index is 1.84. The molecule has 0 N–H and O–H groups in total. The van der Waals surface area contributed by atoms with E-state index in [0.29, 0.717) is 0 Å². The van der Waals surface area contributed by atoms with Crippen LogP contribution in [0.15, 0.2) is 84.9 Å². The van der Waals surface area contributed by atoms with Crippen LogP contribution in [0.2, 0.25) is 0 Å². The Morgan fingerprint density at radius 3 is 1.32 bits per heavy atom. The average Bonchev–Trinajstić information content (AvgIpc) is 2.70. The van der Waals surface area contributed by atoms with Gasteiger partial charge in [-0.1, -0.05) is 96.1 Å². The summed E-state index contributed by atoms with van der Waals surface area (Å²) in [6.45, 7) is 4.38. The third-order valence-corrected chi connectivity index (χ3v) is 5.90. The zero-order chi connectivity index (χ0) is 19.1. The fraction of sp³-hybridized carbons (Fsp3) is 0.143. The van der Waals surface area contributed by atoms with Gasteiger partial charge in [-0.25, -0.2) is 0 Å². The van der Waals surface area contributed by atoms with E-state index in [0.717, 1.165) is 12.8 Å². The van der Waals surface area contributed by atoms with E-state index in [4.69, 9.17) is 0 Å². The molecule has 0 aromatic heterocycles. The molecule has 0 aliphatic heterocycles. The molecule has 0 spiro atoms. The van der Waals surface area contributed by atoms with Crippen LogP contribution in [-0.2, 0) is 12.8 Å². The highest BCUT2D eigenvalue weighted by molar-refractivity contribution is 5.77. The molecule has 0 fully saturated rings. The van der Waals surface area contributed by atoms with Crippen molar-refractivity contribution < 1.29 is 0 Å². The maximum Gasteiger partial charge on any atom is -0.00133 e. The Morgan fingerprint density at radius 2 is 0.821 bits per heavy atom. The normalized spacial score (nSPS) is 12.4. The minimum Gasteiger partial charge on any atom is -0.0619 e. The molecule has 1 aliphatic rings. The lowest BCUT2D eigenvalue weighted by Gasteiger charge is -2.21. The van der Waals surface area contributed by atoms with Gasteiger partial charge in [0.1, 0.15) is 0 Å². The molecule has 28 heavy (non-hydrogen) atoms. The Morgan fingerprint density at radius 1 is 0.429 bits per heavy atom. The van der Waals surface area contributed by atoms with Gasteiger partial charge in [0.25, 0.3) is 0 Å². The molecular weight excluding hydrogens is 336 g/mol. The van der Waals surface area contributed by atoms with E-state index in [2.05, 4.69) is 98.8 Å². The summed E-state index contributed by atoms with van der Waals surface area (Å²) in [6, 6.07) is 31.6. The van der Waals surface area contributed by atoms with Crippen LogP contribution in [0.1, 0.15) is 33.4 Å². The zero-order valence-corrected chi connectivity index (χ0v) is 16.5. The summed E-state index contributed by atoms with van der Waals surface area (Å²) < 4.78 is 0. The van der Waals surface area contributed by atoms with Crippen molar-refractivity contribution in [1.82, 2.24) is 0 Å². The standard InChI is InChI=1S/C28H24/c1-19-11-13-27-23(15-19)18-24-16-20(2)12-14-28(24)26-10-6-4-8-22(26)17-21-7-3-5-9-25(21)27/h3-16H,17-18H2,1-2H3. The molecule has 0 heterocycles. The molecule has 0 bridgehead atoms. The van der Waals surface area contributed by atoms with E-state index in [9.17, 15) is 0 Å². The molecule has 0 nitrogen and oxygen atoms in total. The topological polar surface area (TPSA) is 0 Å². The van der Waals surface area contributed by atoms with Crippen LogP contribution in [0.25, 0.3) is 22.3 Å². The lowest BCUT2D eigenvalue weighted by Crippen LogP contribution is -2.03. The van der Waals surface area contributed by atoms with Crippen molar-refractivity contribution in [2.45, 2.75) is 26.7 Å². The predicted octanol–water partition coefficient (Wildman–Crippen LogP) is 7.13. The zero-order valence-electron chi connectivity index (χ0n) is 16.5. The minimum atomic E-state index is 0.951. The highest BCUT2D eigenvalue weighted by atomic mass is 14.2. The summed E-state index contributed by atoms with van der Waals surface area (Å²) in [7, 11) is 0. The molecule has 0 unspecified atom stereocenters. The maximum atomic E-state index is 2.37. The van der Waals surface area contributed by atoms with Crippen molar-refractivity contribution in [1.29, 1.82) is 0 Å². The SMILES string of the molecule is Cc1ccc2c(c1)Cc1cc(C)ccc1-c1ccccc1Cc1ccccc1-2. The highest BCUT2D eigenvalue weighted by Crippen LogP contribution is 2.37. The highest BCUT2D eigenvalue weighted by Gasteiger charge is 2.17. The lowest BCUT2D eigenvalue weighted by atomic mass is 9.83. The van der Waals surface area contributed by atoms with Gasteiger partial charge >= 0.3 is 0 Å². The summed E-state index contributed by atoms with van der Waals surface area (Å²) in [4.78, 5) is 0. The van der Waals surface area contributed by atoms with Crippen molar-refractivity contribution >= 4 is 0 Å². The Labute approximate surface area is 167 Å². The number of fused-ring (bicyclic) bond motifs is 6. The van der Waals surface area contributed by atoms with E-state index in [1.165, 1.54) is 55.6 Å². The molecule has 136 valence electrons. The molecule has 0 atom stereocenters. The second-order valence-corrected chi connectivity index (χ2v) is 7.99. The third-order valence-electron chi connectivity index (χ3n) is 5.90. The largest absolute Gasteiger partial charge is 0.0619 e. The van der Waals surface area contributed by atoms with E-state index >= 15 is 0 Å². The van der Waals surface area contributed by atoms with Gasteiger partial charge in [0.2, 0.25) is 0 Å². The Kier molecular flexibility index (Phi) is 4.13. The first-order valence-corrected chi connectivity index (χ1v) is 10.0. The first-order valence-electron chi connectivity index (χ1n) is 10.0. The monoisotopic (exact) mass is 360 g/mol. The Bertz CT molecular complexity index is 1090. The molecule has 4 aromatic carbocycles. The lowest BCUT2D eigenvalue weighted by molar-refractivity contribution is 1.14. The summed E-state index contributed by atoms with van der Waals surface area (Å²) >= 11 is 0. The summed E-state index contributed by atoms with van der Waals surface area (Å²) in [5.74, 6) is 0. The van der Waals surface area contributed by atoms with Crippen LogP contribution in [0.5, 0.6) is 0 Å². The van der Waals surface area contributed by atoms with Crippen molar-refractivity contribution in [2.75, 3.05) is 0 Å². The second-order valence-electron chi connectivity index (χ2n) is 7.99. The van der Waals surface area contributed by atoms with Gasteiger partial charge in [0.05, 0.1) is 0 Å². The van der Waals surface area contributed by atoms with Gasteiger partial charge in [-0.05, 0) is 71.2 Å². The van der Waals surface area contributed by atoms with Crippen molar-refractivity contribution in [2.24, 2.45) is 0 Å². The third kappa shape index (κ3) is 2.96. The van der Waals surface area contributed by atoms with E-state index in [1.807, 2.05) is 0 Å².